The van der Waals surface area contributed by atoms with Gasteiger partial charge in [-0.15, -0.1) is 0 Å². The molecule has 20 heavy (non-hydrogen) atoms. The lowest BCUT2D eigenvalue weighted by Gasteiger charge is -2.27. The van der Waals surface area contributed by atoms with Crippen LogP contribution >= 0.6 is 15.9 Å². The van der Waals surface area contributed by atoms with Crippen LogP contribution in [0.1, 0.15) is 42.5 Å². The summed E-state index contributed by atoms with van der Waals surface area (Å²) in [5, 5.41) is 0. The summed E-state index contributed by atoms with van der Waals surface area (Å²) in [5.74, 6) is -1.79. The molecule has 2 nitrogen and oxygen atoms in total. The summed E-state index contributed by atoms with van der Waals surface area (Å²) >= 11 is 3.01. The van der Waals surface area contributed by atoms with Gasteiger partial charge in [0, 0.05) is 18.1 Å². The fourth-order valence-electron chi connectivity index (χ4n) is 2.78. The van der Waals surface area contributed by atoms with Crippen LogP contribution in [0, 0.1) is 17.6 Å². The zero-order valence-electron chi connectivity index (χ0n) is 11.5. The summed E-state index contributed by atoms with van der Waals surface area (Å²) < 4.78 is 27.9. The highest BCUT2D eigenvalue weighted by Gasteiger charge is 2.24. The van der Waals surface area contributed by atoms with Gasteiger partial charge in [-0.1, -0.05) is 35.2 Å². The number of nitrogens with zero attached hydrogens (tertiary/aromatic N) is 1. The highest BCUT2D eigenvalue weighted by Crippen LogP contribution is 2.25. The molecule has 0 radical (unpaired) electrons. The van der Waals surface area contributed by atoms with E-state index in [1.165, 1.54) is 24.2 Å². The van der Waals surface area contributed by atoms with Gasteiger partial charge in [0.2, 0.25) is 0 Å². The van der Waals surface area contributed by atoms with E-state index in [0.29, 0.717) is 16.9 Å². The Bertz CT molecular complexity index is 478. The molecule has 1 aliphatic carbocycles. The van der Waals surface area contributed by atoms with Crippen molar-refractivity contribution in [1.82, 2.24) is 4.90 Å². The maximum Gasteiger partial charge on any atom is 0.259 e. The van der Waals surface area contributed by atoms with Crippen molar-refractivity contribution in [2.24, 2.45) is 5.92 Å². The average molecular weight is 346 g/mol. The molecule has 1 amide bonds. The molecule has 5 heteroatoms. The van der Waals surface area contributed by atoms with Gasteiger partial charge < -0.3 is 4.90 Å². The van der Waals surface area contributed by atoms with E-state index < -0.39 is 23.1 Å². The number of hydrogen-bond acceptors (Lipinski definition) is 1. The zero-order chi connectivity index (χ0) is 14.7. The number of carbonyl (C=O) groups excluding carboxylic acids is 1. The van der Waals surface area contributed by atoms with Gasteiger partial charge in [0.05, 0.1) is 0 Å². The Balaban J connectivity index is 2.10. The molecule has 1 aromatic rings. The van der Waals surface area contributed by atoms with E-state index >= 15 is 0 Å². The molecule has 0 unspecified atom stereocenters. The lowest BCUT2D eigenvalue weighted by atomic mass is 9.89. The fourth-order valence-corrected chi connectivity index (χ4v) is 3.18. The van der Waals surface area contributed by atoms with Crippen molar-refractivity contribution in [3.05, 3.63) is 33.8 Å². The van der Waals surface area contributed by atoms with Crippen LogP contribution in [0.3, 0.4) is 0 Å². The highest BCUT2D eigenvalue weighted by atomic mass is 79.9. The molecular weight excluding hydrogens is 328 g/mol. The third kappa shape index (κ3) is 3.57. The van der Waals surface area contributed by atoms with Gasteiger partial charge in [0.25, 0.3) is 5.91 Å². The third-order valence-electron chi connectivity index (χ3n) is 3.82. The predicted octanol–water partition coefficient (Wildman–Crippen LogP) is 4.38. The Kier molecular flexibility index (Phi) is 5.13. The molecule has 0 aromatic heterocycles. The van der Waals surface area contributed by atoms with E-state index in [9.17, 15) is 13.6 Å². The second kappa shape index (κ2) is 6.66. The van der Waals surface area contributed by atoms with Gasteiger partial charge >= 0.3 is 0 Å². The van der Waals surface area contributed by atoms with Crippen molar-refractivity contribution in [3.8, 4) is 0 Å². The first-order chi connectivity index (χ1) is 9.49. The minimum absolute atomic E-state index is 0.291. The van der Waals surface area contributed by atoms with Gasteiger partial charge in [-0.2, -0.15) is 0 Å². The molecule has 110 valence electrons. The fraction of sp³-hybridized carbons (Fsp3) is 0.533. The Labute approximate surface area is 126 Å². The summed E-state index contributed by atoms with van der Waals surface area (Å²) in [5.41, 5.74) is -0.466. The molecule has 0 heterocycles. The predicted molar refractivity (Wildman–Crippen MR) is 77.6 cm³/mol. The molecule has 0 atom stereocenters. The third-order valence-corrected chi connectivity index (χ3v) is 4.28. The number of carbonyl (C=O) groups is 1. The monoisotopic (exact) mass is 345 g/mol. The molecule has 0 saturated heterocycles. The second-order valence-electron chi connectivity index (χ2n) is 5.43. The minimum atomic E-state index is -0.822. The van der Waals surface area contributed by atoms with Crippen LogP contribution in [-0.2, 0) is 0 Å². The maximum atomic E-state index is 13.8. The second-order valence-corrected chi connectivity index (χ2v) is 6.35. The van der Waals surface area contributed by atoms with Crippen molar-refractivity contribution in [3.63, 3.8) is 0 Å². The standard InChI is InChI=1S/C15H18BrF2NO/c1-19(9-10-5-3-2-4-6-10)15(20)14-12(17)7-11(16)8-13(14)18/h7-8,10H,2-6,9H2,1H3. The Morgan fingerprint density at radius 3 is 2.35 bits per heavy atom. The maximum absolute atomic E-state index is 13.8. The Morgan fingerprint density at radius 1 is 1.25 bits per heavy atom. The average Bonchev–Trinajstić information content (AvgIpc) is 2.38. The number of benzene rings is 1. The van der Waals surface area contributed by atoms with Gasteiger partial charge in [-0.05, 0) is 30.9 Å². The molecule has 0 spiro atoms. The summed E-state index contributed by atoms with van der Waals surface area (Å²) in [6.45, 7) is 0.563. The zero-order valence-corrected chi connectivity index (χ0v) is 13.1. The van der Waals surface area contributed by atoms with Crippen LogP contribution < -0.4 is 0 Å². The van der Waals surface area contributed by atoms with Crippen molar-refractivity contribution in [2.45, 2.75) is 32.1 Å². The first kappa shape index (κ1) is 15.4. The Morgan fingerprint density at radius 2 is 1.80 bits per heavy atom. The van der Waals surface area contributed by atoms with E-state index in [4.69, 9.17) is 0 Å². The van der Waals surface area contributed by atoms with E-state index in [0.717, 1.165) is 25.0 Å². The Hall–Kier alpha value is -0.970. The van der Waals surface area contributed by atoms with Crippen molar-refractivity contribution in [1.29, 1.82) is 0 Å². The van der Waals surface area contributed by atoms with Gasteiger partial charge in [0.1, 0.15) is 17.2 Å². The van der Waals surface area contributed by atoms with Crippen LogP contribution in [-0.4, -0.2) is 24.4 Å². The normalized spacial score (nSPS) is 16.2. The van der Waals surface area contributed by atoms with Crippen LogP contribution in [0.25, 0.3) is 0 Å². The van der Waals surface area contributed by atoms with E-state index in [1.54, 1.807) is 7.05 Å². The molecule has 1 aliphatic rings. The molecule has 0 N–H and O–H groups in total. The van der Waals surface area contributed by atoms with Crippen LogP contribution in [0.15, 0.2) is 16.6 Å². The highest BCUT2D eigenvalue weighted by molar-refractivity contribution is 9.10. The van der Waals surface area contributed by atoms with E-state index in [2.05, 4.69) is 15.9 Å². The van der Waals surface area contributed by atoms with Gasteiger partial charge in [0.15, 0.2) is 0 Å². The van der Waals surface area contributed by atoms with Gasteiger partial charge in [-0.3, -0.25) is 4.79 Å². The summed E-state index contributed by atoms with van der Waals surface area (Å²) in [4.78, 5) is 13.6. The molecule has 0 bridgehead atoms. The van der Waals surface area contributed by atoms with Crippen LogP contribution in [0.5, 0.6) is 0 Å². The van der Waals surface area contributed by atoms with Gasteiger partial charge in [-0.25, -0.2) is 8.78 Å². The quantitative estimate of drug-likeness (QED) is 0.795. The summed E-state index contributed by atoms with van der Waals surface area (Å²) in [6.07, 6.45) is 5.76. The molecule has 2 rings (SSSR count). The van der Waals surface area contributed by atoms with Crippen molar-refractivity contribution in [2.75, 3.05) is 13.6 Å². The van der Waals surface area contributed by atoms with Crippen molar-refractivity contribution >= 4 is 21.8 Å². The first-order valence-corrected chi connectivity index (χ1v) is 7.68. The number of rotatable bonds is 3. The van der Waals surface area contributed by atoms with Crippen LogP contribution in [0.2, 0.25) is 0 Å². The number of hydrogen-bond donors (Lipinski definition) is 0. The van der Waals surface area contributed by atoms with E-state index in [1.807, 2.05) is 0 Å². The number of amides is 1. The molecule has 0 aliphatic heterocycles. The first-order valence-electron chi connectivity index (χ1n) is 6.89. The minimum Gasteiger partial charge on any atom is -0.341 e. The number of halogens is 3. The lowest BCUT2D eigenvalue weighted by Crippen LogP contribution is -2.33. The SMILES string of the molecule is CN(CC1CCCCC1)C(=O)c1c(F)cc(Br)cc1F. The molecular formula is C15H18BrF2NO. The van der Waals surface area contributed by atoms with Crippen molar-refractivity contribution < 1.29 is 13.6 Å². The summed E-state index contributed by atoms with van der Waals surface area (Å²) in [6, 6.07) is 2.23. The smallest absolute Gasteiger partial charge is 0.259 e. The van der Waals surface area contributed by atoms with Crippen LogP contribution in [0.4, 0.5) is 8.78 Å². The molecule has 1 fully saturated rings. The topological polar surface area (TPSA) is 20.3 Å². The molecule has 1 aromatic carbocycles. The van der Waals surface area contributed by atoms with E-state index in [-0.39, 0.29) is 0 Å². The largest absolute Gasteiger partial charge is 0.341 e. The molecule has 1 saturated carbocycles. The summed E-state index contributed by atoms with van der Waals surface area (Å²) in [7, 11) is 1.61. The lowest BCUT2D eigenvalue weighted by molar-refractivity contribution is 0.0751.